The third-order valence-electron chi connectivity index (χ3n) is 2.93. The van der Waals surface area contributed by atoms with Crippen LogP contribution in [0.3, 0.4) is 0 Å². The number of nitrogens with one attached hydrogen (secondary N) is 1. The van der Waals surface area contributed by atoms with E-state index < -0.39 is 5.97 Å². The molecule has 2 N–H and O–H groups in total. The molecule has 1 aliphatic rings. The Morgan fingerprint density at radius 3 is 2.54 bits per heavy atom. The normalized spacial score (nSPS) is 30.1. The molecule has 1 rings (SSSR count). The number of carboxylic acid groups (broad SMARTS) is 1. The van der Waals surface area contributed by atoms with Crippen molar-refractivity contribution >= 4 is 5.97 Å². The van der Waals surface area contributed by atoms with Gasteiger partial charge in [0.2, 0.25) is 0 Å². The summed E-state index contributed by atoms with van der Waals surface area (Å²) >= 11 is 0. The number of hydrogen-bond donors (Lipinski definition) is 2. The molecule has 3 nitrogen and oxygen atoms in total. The van der Waals surface area contributed by atoms with E-state index in [1.807, 2.05) is 0 Å². The predicted molar refractivity (Wildman–Crippen MR) is 51.6 cm³/mol. The molecular formula is C10H19NO2. The van der Waals surface area contributed by atoms with Gasteiger partial charge in [0.05, 0.1) is 0 Å². The zero-order chi connectivity index (χ0) is 10.1. The van der Waals surface area contributed by atoms with Crippen LogP contribution in [0.5, 0.6) is 0 Å². The number of piperidine rings is 1. The Morgan fingerprint density at radius 1 is 1.46 bits per heavy atom. The van der Waals surface area contributed by atoms with Gasteiger partial charge in [-0.2, -0.15) is 0 Å². The minimum absolute atomic E-state index is 0.232. The molecule has 0 spiro atoms. The summed E-state index contributed by atoms with van der Waals surface area (Å²) in [6.07, 6.45) is 1.85. The molecule has 3 heteroatoms. The van der Waals surface area contributed by atoms with E-state index in [1.54, 1.807) is 0 Å². The SMILES string of the molecule is CC(C)(C)[C@@H]1CCN[C@@H](C(=O)O)C1. The number of rotatable bonds is 1. The Labute approximate surface area is 79.5 Å². The van der Waals surface area contributed by atoms with E-state index in [-0.39, 0.29) is 11.5 Å². The quantitative estimate of drug-likeness (QED) is 0.650. The van der Waals surface area contributed by atoms with Gasteiger partial charge >= 0.3 is 5.97 Å². The van der Waals surface area contributed by atoms with Gasteiger partial charge in [0.15, 0.2) is 0 Å². The average Bonchev–Trinajstić information content (AvgIpc) is 2.03. The first-order chi connectivity index (χ1) is 5.91. The molecule has 0 aliphatic carbocycles. The fraction of sp³-hybridized carbons (Fsp3) is 0.900. The highest BCUT2D eigenvalue weighted by Crippen LogP contribution is 2.34. The molecule has 76 valence electrons. The monoisotopic (exact) mass is 185 g/mol. The molecule has 1 aliphatic heterocycles. The molecule has 0 aromatic rings. The van der Waals surface area contributed by atoms with Crippen molar-refractivity contribution in [3.63, 3.8) is 0 Å². The first-order valence-corrected chi connectivity index (χ1v) is 4.87. The van der Waals surface area contributed by atoms with Crippen molar-refractivity contribution < 1.29 is 9.90 Å². The van der Waals surface area contributed by atoms with Gasteiger partial charge in [0, 0.05) is 0 Å². The van der Waals surface area contributed by atoms with Crippen LogP contribution >= 0.6 is 0 Å². The average molecular weight is 185 g/mol. The Balaban J connectivity index is 2.57. The highest BCUT2D eigenvalue weighted by Gasteiger charge is 2.33. The van der Waals surface area contributed by atoms with E-state index in [9.17, 15) is 4.79 Å². The summed E-state index contributed by atoms with van der Waals surface area (Å²) < 4.78 is 0. The van der Waals surface area contributed by atoms with Crippen LogP contribution in [0.1, 0.15) is 33.6 Å². The second kappa shape index (κ2) is 3.66. The molecule has 13 heavy (non-hydrogen) atoms. The van der Waals surface area contributed by atoms with E-state index in [0.29, 0.717) is 5.92 Å². The molecule has 1 fully saturated rings. The molecular weight excluding hydrogens is 166 g/mol. The maximum atomic E-state index is 10.8. The molecule has 0 aromatic carbocycles. The molecule has 1 heterocycles. The lowest BCUT2D eigenvalue weighted by atomic mass is 9.74. The van der Waals surface area contributed by atoms with E-state index in [1.165, 1.54) is 0 Å². The second-order valence-electron chi connectivity index (χ2n) is 4.93. The molecule has 0 radical (unpaired) electrons. The fourth-order valence-electron chi connectivity index (χ4n) is 1.89. The largest absolute Gasteiger partial charge is 0.480 e. The Bertz CT molecular complexity index is 196. The van der Waals surface area contributed by atoms with Gasteiger partial charge in [-0.1, -0.05) is 20.8 Å². The number of aliphatic carboxylic acids is 1. The molecule has 2 atom stereocenters. The van der Waals surface area contributed by atoms with Crippen LogP contribution in [0.4, 0.5) is 0 Å². The van der Waals surface area contributed by atoms with Crippen molar-refractivity contribution in [3.05, 3.63) is 0 Å². The number of carbonyl (C=O) groups is 1. The van der Waals surface area contributed by atoms with E-state index in [4.69, 9.17) is 5.11 Å². The summed E-state index contributed by atoms with van der Waals surface area (Å²) in [6, 6.07) is -0.335. The van der Waals surface area contributed by atoms with Crippen molar-refractivity contribution in [2.24, 2.45) is 11.3 Å². The van der Waals surface area contributed by atoms with Crippen molar-refractivity contribution in [2.75, 3.05) is 6.54 Å². The summed E-state index contributed by atoms with van der Waals surface area (Å²) in [5.74, 6) is -0.191. The minimum Gasteiger partial charge on any atom is -0.480 e. The van der Waals surface area contributed by atoms with Gasteiger partial charge < -0.3 is 10.4 Å². The van der Waals surface area contributed by atoms with Crippen LogP contribution in [0, 0.1) is 11.3 Å². The van der Waals surface area contributed by atoms with Crippen LogP contribution in [0.15, 0.2) is 0 Å². The molecule has 0 bridgehead atoms. The van der Waals surface area contributed by atoms with Crippen LogP contribution < -0.4 is 5.32 Å². The lowest BCUT2D eigenvalue weighted by Gasteiger charge is -2.36. The third-order valence-corrected chi connectivity index (χ3v) is 2.93. The molecule has 0 amide bonds. The van der Waals surface area contributed by atoms with Crippen molar-refractivity contribution in [3.8, 4) is 0 Å². The van der Waals surface area contributed by atoms with Gasteiger partial charge in [-0.25, -0.2) is 0 Å². The van der Waals surface area contributed by atoms with Gasteiger partial charge in [-0.3, -0.25) is 4.79 Å². The zero-order valence-corrected chi connectivity index (χ0v) is 8.63. The van der Waals surface area contributed by atoms with E-state index >= 15 is 0 Å². The van der Waals surface area contributed by atoms with E-state index in [0.717, 1.165) is 19.4 Å². The second-order valence-corrected chi connectivity index (χ2v) is 4.93. The maximum absolute atomic E-state index is 10.8. The van der Waals surface area contributed by atoms with Gasteiger partial charge in [0.25, 0.3) is 0 Å². The highest BCUT2D eigenvalue weighted by molar-refractivity contribution is 5.73. The van der Waals surface area contributed by atoms with Gasteiger partial charge in [0.1, 0.15) is 6.04 Å². The maximum Gasteiger partial charge on any atom is 0.320 e. The Kier molecular flexibility index (Phi) is 2.96. The summed E-state index contributed by atoms with van der Waals surface area (Å²) in [4.78, 5) is 10.8. The first-order valence-electron chi connectivity index (χ1n) is 4.87. The summed E-state index contributed by atoms with van der Waals surface area (Å²) in [7, 11) is 0. The predicted octanol–water partition coefficient (Wildman–Crippen LogP) is 1.49. The van der Waals surface area contributed by atoms with Gasteiger partial charge in [-0.05, 0) is 30.7 Å². The highest BCUT2D eigenvalue weighted by atomic mass is 16.4. The summed E-state index contributed by atoms with van der Waals surface area (Å²) in [5.41, 5.74) is 0.232. The smallest absolute Gasteiger partial charge is 0.320 e. The molecule has 0 unspecified atom stereocenters. The lowest BCUT2D eigenvalue weighted by Crippen LogP contribution is -2.46. The van der Waals surface area contributed by atoms with Crippen LogP contribution in [-0.4, -0.2) is 23.7 Å². The van der Waals surface area contributed by atoms with Crippen molar-refractivity contribution in [1.82, 2.24) is 5.32 Å². The molecule has 1 saturated heterocycles. The van der Waals surface area contributed by atoms with Gasteiger partial charge in [-0.15, -0.1) is 0 Å². The summed E-state index contributed by atoms with van der Waals surface area (Å²) in [5, 5.41) is 11.9. The van der Waals surface area contributed by atoms with E-state index in [2.05, 4.69) is 26.1 Å². The van der Waals surface area contributed by atoms with Crippen molar-refractivity contribution in [2.45, 2.75) is 39.7 Å². The number of hydrogen-bond acceptors (Lipinski definition) is 2. The fourth-order valence-corrected chi connectivity index (χ4v) is 1.89. The first kappa shape index (κ1) is 10.5. The Morgan fingerprint density at radius 2 is 2.08 bits per heavy atom. The molecule has 0 saturated carbocycles. The minimum atomic E-state index is -0.714. The topological polar surface area (TPSA) is 49.3 Å². The standard InChI is InChI=1S/C10H19NO2/c1-10(2,3)7-4-5-11-8(6-7)9(12)13/h7-8,11H,4-6H2,1-3H3,(H,12,13)/t7-,8-/m1/s1. The lowest BCUT2D eigenvalue weighted by molar-refractivity contribution is -0.140. The Hall–Kier alpha value is -0.570. The van der Waals surface area contributed by atoms with Crippen LogP contribution in [0.2, 0.25) is 0 Å². The van der Waals surface area contributed by atoms with Crippen LogP contribution in [-0.2, 0) is 4.79 Å². The zero-order valence-electron chi connectivity index (χ0n) is 8.63. The number of carboxylic acids is 1. The molecule has 0 aromatic heterocycles. The van der Waals surface area contributed by atoms with Crippen molar-refractivity contribution in [1.29, 1.82) is 0 Å². The summed E-state index contributed by atoms with van der Waals surface area (Å²) in [6.45, 7) is 7.38. The van der Waals surface area contributed by atoms with Crippen LogP contribution in [0.25, 0.3) is 0 Å². The third kappa shape index (κ3) is 2.69.